The van der Waals surface area contributed by atoms with Crippen molar-refractivity contribution in [2.24, 2.45) is 11.8 Å². The molecule has 1 atom stereocenters. The van der Waals surface area contributed by atoms with Crippen molar-refractivity contribution in [3.8, 4) is 0 Å². The van der Waals surface area contributed by atoms with Crippen LogP contribution in [0.5, 0.6) is 0 Å². The molecule has 0 aromatic heterocycles. The van der Waals surface area contributed by atoms with Crippen LogP contribution in [0.2, 0.25) is 0 Å². The molecule has 0 bridgehead atoms. The first-order valence-corrected chi connectivity index (χ1v) is 4.71. The van der Waals surface area contributed by atoms with Crippen molar-refractivity contribution < 1.29 is 9.53 Å². The standard InChI is InChI=1S/C9H15NO2/c11-9(8-3-4-12-6-8)10-5-7-1-2-7/h7-8H,1-6H2,(H,10,11)/t8-/m1/s1. The number of rotatable bonds is 3. The molecule has 1 aliphatic carbocycles. The van der Waals surface area contributed by atoms with Gasteiger partial charge < -0.3 is 10.1 Å². The monoisotopic (exact) mass is 169 g/mol. The normalized spacial score (nSPS) is 28.8. The molecule has 2 rings (SSSR count). The molecule has 0 aromatic rings. The van der Waals surface area contributed by atoms with Crippen LogP contribution in [-0.2, 0) is 9.53 Å². The Hall–Kier alpha value is -0.570. The van der Waals surface area contributed by atoms with Crippen molar-refractivity contribution in [1.29, 1.82) is 0 Å². The number of hydrogen-bond acceptors (Lipinski definition) is 2. The van der Waals surface area contributed by atoms with Crippen molar-refractivity contribution in [3.05, 3.63) is 0 Å². The smallest absolute Gasteiger partial charge is 0.225 e. The summed E-state index contributed by atoms with van der Waals surface area (Å²) in [5, 5.41) is 2.97. The number of amides is 1. The van der Waals surface area contributed by atoms with Crippen LogP contribution in [0.4, 0.5) is 0 Å². The van der Waals surface area contributed by atoms with E-state index < -0.39 is 0 Å². The fourth-order valence-electron chi connectivity index (χ4n) is 1.45. The van der Waals surface area contributed by atoms with Crippen LogP contribution < -0.4 is 5.32 Å². The van der Waals surface area contributed by atoms with E-state index in [1.54, 1.807) is 0 Å². The van der Waals surface area contributed by atoms with E-state index in [0.717, 1.165) is 25.5 Å². The number of hydrogen-bond donors (Lipinski definition) is 1. The minimum Gasteiger partial charge on any atom is -0.381 e. The Bertz CT molecular complexity index is 171. The molecule has 0 spiro atoms. The van der Waals surface area contributed by atoms with Gasteiger partial charge in [0, 0.05) is 13.2 Å². The van der Waals surface area contributed by atoms with Gasteiger partial charge in [0.1, 0.15) is 0 Å². The summed E-state index contributed by atoms with van der Waals surface area (Å²) in [5.74, 6) is 1.10. The highest BCUT2D eigenvalue weighted by atomic mass is 16.5. The van der Waals surface area contributed by atoms with Crippen LogP contribution in [0, 0.1) is 11.8 Å². The molecular formula is C9H15NO2. The topological polar surface area (TPSA) is 38.3 Å². The molecule has 0 aromatic carbocycles. The number of carbonyl (C=O) groups excluding carboxylic acids is 1. The zero-order chi connectivity index (χ0) is 8.39. The van der Waals surface area contributed by atoms with Gasteiger partial charge in [-0.05, 0) is 25.2 Å². The summed E-state index contributed by atoms with van der Waals surface area (Å²) in [6.45, 7) is 2.26. The zero-order valence-corrected chi connectivity index (χ0v) is 7.21. The molecule has 2 aliphatic rings. The molecule has 3 nitrogen and oxygen atoms in total. The van der Waals surface area contributed by atoms with Crippen LogP contribution in [0.25, 0.3) is 0 Å². The van der Waals surface area contributed by atoms with E-state index in [0.29, 0.717) is 6.61 Å². The first kappa shape index (κ1) is 8.05. The summed E-state index contributed by atoms with van der Waals surface area (Å²) < 4.78 is 5.14. The zero-order valence-electron chi connectivity index (χ0n) is 7.21. The van der Waals surface area contributed by atoms with Gasteiger partial charge >= 0.3 is 0 Å². The maximum Gasteiger partial charge on any atom is 0.225 e. The van der Waals surface area contributed by atoms with Crippen LogP contribution in [0.3, 0.4) is 0 Å². The molecule has 12 heavy (non-hydrogen) atoms. The molecule has 1 amide bonds. The third-order valence-electron chi connectivity index (χ3n) is 2.56. The first-order chi connectivity index (χ1) is 5.86. The lowest BCUT2D eigenvalue weighted by Gasteiger charge is -2.07. The maximum absolute atomic E-state index is 11.4. The van der Waals surface area contributed by atoms with E-state index in [9.17, 15) is 4.79 Å². The first-order valence-electron chi connectivity index (χ1n) is 4.71. The molecule has 0 radical (unpaired) electrons. The Morgan fingerprint density at radius 1 is 1.42 bits per heavy atom. The number of nitrogens with one attached hydrogen (secondary N) is 1. The second-order valence-electron chi connectivity index (χ2n) is 3.75. The summed E-state index contributed by atoms with van der Waals surface area (Å²) in [5.41, 5.74) is 0. The molecule has 2 fully saturated rings. The third-order valence-corrected chi connectivity index (χ3v) is 2.56. The molecule has 1 saturated heterocycles. The SMILES string of the molecule is O=C(NCC1CC1)[C@@H]1CCOC1. The second kappa shape index (κ2) is 3.44. The summed E-state index contributed by atoms with van der Waals surface area (Å²) in [4.78, 5) is 11.4. The molecule has 1 N–H and O–H groups in total. The van der Waals surface area contributed by atoms with Crippen molar-refractivity contribution in [3.63, 3.8) is 0 Å². The molecule has 0 unspecified atom stereocenters. The van der Waals surface area contributed by atoms with E-state index >= 15 is 0 Å². The highest BCUT2D eigenvalue weighted by Crippen LogP contribution is 2.27. The van der Waals surface area contributed by atoms with Crippen molar-refractivity contribution in [2.45, 2.75) is 19.3 Å². The third kappa shape index (κ3) is 1.97. The Morgan fingerprint density at radius 3 is 2.83 bits per heavy atom. The number of ether oxygens (including phenoxy) is 1. The van der Waals surface area contributed by atoms with Gasteiger partial charge in [-0.2, -0.15) is 0 Å². The Morgan fingerprint density at radius 2 is 2.25 bits per heavy atom. The Kier molecular flexibility index (Phi) is 2.30. The fourth-order valence-corrected chi connectivity index (χ4v) is 1.45. The number of carbonyl (C=O) groups is 1. The molecular weight excluding hydrogens is 154 g/mol. The highest BCUT2D eigenvalue weighted by molar-refractivity contribution is 5.78. The molecule has 3 heteroatoms. The van der Waals surface area contributed by atoms with Gasteiger partial charge in [0.15, 0.2) is 0 Å². The van der Waals surface area contributed by atoms with Gasteiger partial charge in [0.05, 0.1) is 12.5 Å². The highest BCUT2D eigenvalue weighted by Gasteiger charge is 2.26. The summed E-state index contributed by atoms with van der Waals surface area (Å²) in [7, 11) is 0. The van der Waals surface area contributed by atoms with Gasteiger partial charge in [-0.25, -0.2) is 0 Å². The van der Waals surface area contributed by atoms with E-state index in [-0.39, 0.29) is 11.8 Å². The average molecular weight is 169 g/mol. The van der Waals surface area contributed by atoms with Gasteiger partial charge in [-0.15, -0.1) is 0 Å². The average Bonchev–Trinajstić information content (AvgIpc) is 2.74. The van der Waals surface area contributed by atoms with Gasteiger partial charge in [-0.1, -0.05) is 0 Å². The summed E-state index contributed by atoms with van der Waals surface area (Å²) in [6.07, 6.45) is 3.49. The van der Waals surface area contributed by atoms with Gasteiger partial charge in [0.2, 0.25) is 5.91 Å². The van der Waals surface area contributed by atoms with Crippen molar-refractivity contribution >= 4 is 5.91 Å². The van der Waals surface area contributed by atoms with Crippen molar-refractivity contribution in [1.82, 2.24) is 5.32 Å². The van der Waals surface area contributed by atoms with Crippen LogP contribution in [0.1, 0.15) is 19.3 Å². The lowest BCUT2D eigenvalue weighted by molar-refractivity contribution is -0.125. The lowest BCUT2D eigenvalue weighted by atomic mass is 10.1. The molecule has 1 heterocycles. The van der Waals surface area contributed by atoms with Crippen LogP contribution >= 0.6 is 0 Å². The van der Waals surface area contributed by atoms with Gasteiger partial charge in [-0.3, -0.25) is 4.79 Å². The predicted octanol–water partition coefficient (Wildman–Crippen LogP) is 0.549. The van der Waals surface area contributed by atoms with E-state index in [2.05, 4.69) is 5.32 Å². The van der Waals surface area contributed by atoms with Crippen molar-refractivity contribution in [2.75, 3.05) is 19.8 Å². The largest absolute Gasteiger partial charge is 0.381 e. The second-order valence-corrected chi connectivity index (χ2v) is 3.75. The maximum atomic E-state index is 11.4. The minimum absolute atomic E-state index is 0.128. The van der Waals surface area contributed by atoms with Gasteiger partial charge in [0.25, 0.3) is 0 Å². The van der Waals surface area contributed by atoms with E-state index in [1.165, 1.54) is 12.8 Å². The Labute approximate surface area is 72.5 Å². The molecule has 1 saturated carbocycles. The van der Waals surface area contributed by atoms with E-state index in [1.807, 2.05) is 0 Å². The lowest BCUT2D eigenvalue weighted by Crippen LogP contribution is -2.32. The van der Waals surface area contributed by atoms with Crippen LogP contribution in [0.15, 0.2) is 0 Å². The quantitative estimate of drug-likeness (QED) is 0.670. The molecule has 68 valence electrons. The molecule has 1 aliphatic heterocycles. The predicted molar refractivity (Wildman–Crippen MR) is 44.7 cm³/mol. The Balaban J connectivity index is 1.67. The van der Waals surface area contributed by atoms with E-state index in [4.69, 9.17) is 4.74 Å². The summed E-state index contributed by atoms with van der Waals surface area (Å²) in [6, 6.07) is 0. The van der Waals surface area contributed by atoms with Crippen LogP contribution in [-0.4, -0.2) is 25.7 Å². The summed E-state index contributed by atoms with van der Waals surface area (Å²) >= 11 is 0. The minimum atomic E-state index is 0.128. The fraction of sp³-hybridized carbons (Fsp3) is 0.889.